The van der Waals surface area contributed by atoms with E-state index in [2.05, 4.69) is 0 Å². The molecule has 0 fully saturated rings. The van der Waals surface area contributed by atoms with Gasteiger partial charge in [-0.1, -0.05) is 24.6 Å². The molecule has 136 valence electrons. The maximum Gasteiger partial charge on any atom is 0.246 e. The first-order valence-electron chi connectivity index (χ1n) is 7.49. The molecule has 25 heavy (non-hydrogen) atoms. The van der Waals surface area contributed by atoms with E-state index in [4.69, 9.17) is 21.1 Å². The van der Waals surface area contributed by atoms with E-state index >= 15 is 0 Å². The van der Waals surface area contributed by atoms with Crippen LogP contribution in [0.2, 0.25) is 5.02 Å². The van der Waals surface area contributed by atoms with Gasteiger partial charge >= 0.3 is 0 Å². The van der Waals surface area contributed by atoms with E-state index < -0.39 is 20.7 Å². The maximum atomic E-state index is 14.1. The Morgan fingerprint density at radius 2 is 1.76 bits per heavy atom. The summed E-state index contributed by atoms with van der Waals surface area (Å²) < 4.78 is 51.2. The Hall–Kier alpha value is -1.83. The van der Waals surface area contributed by atoms with Gasteiger partial charge < -0.3 is 9.47 Å². The first-order valence-corrected chi connectivity index (χ1v) is 9.31. The fraction of sp³-hybridized carbons (Fsp3) is 0.294. The lowest BCUT2D eigenvalue weighted by atomic mass is 10.2. The monoisotopic (exact) mass is 387 g/mol. The highest BCUT2D eigenvalue weighted by atomic mass is 35.5. The summed E-state index contributed by atoms with van der Waals surface area (Å²) in [5, 5.41) is 0.138. The van der Waals surface area contributed by atoms with Crippen LogP contribution in [0.4, 0.5) is 4.39 Å². The van der Waals surface area contributed by atoms with Gasteiger partial charge in [0, 0.05) is 18.1 Å². The fourth-order valence-electron chi connectivity index (χ4n) is 2.37. The number of halogens is 2. The second-order valence-corrected chi connectivity index (χ2v) is 7.54. The van der Waals surface area contributed by atoms with Gasteiger partial charge in [0.15, 0.2) is 11.5 Å². The van der Waals surface area contributed by atoms with Crippen LogP contribution in [0.25, 0.3) is 0 Å². The first-order chi connectivity index (χ1) is 11.8. The highest BCUT2D eigenvalue weighted by molar-refractivity contribution is 7.89. The van der Waals surface area contributed by atoms with Gasteiger partial charge in [-0.25, -0.2) is 12.8 Å². The third kappa shape index (κ3) is 4.23. The lowest BCUT2D eigenvalue weighted by Gasteiger charge is -2.21. The van der Waals surface area contributed by atoms with Crippen molar-refractivity contribution in [3.63, 3.8) is 0 Å². The molecule has 0 aliphatic rings. The minimum Gasteiger partial charge on any atom is -0.493 e. The van der Waals surface area contributed by atoms with E-state index in [-0.39, 0.29) is 18.1 Å². The summed E-state index contributed by atoms with van der Waals surface area (Å²) in [6.07, 6.45) is 0. The molecule has 0 aromatic heterocycles. The van der Waals surface area contributed by atoms with Crippen LogP contribution in [0.15, 0.2) is 41.3 Å². The summed E-state index contributed by atoms with van der Waals surface area (Å²) in [7, 11) is -0.988. The molecule has 0 N–H and O–H groups in total. The lowest BCUT2D eigenvalue weighted by Crippen LogP contribution is -2.31. The number of hydrogen-bond donors (Lipinski definition) is 0. The molecular weight excluding hydrogens is 369 g/mol. The van der Waals surface area contributed by atoms with Gasteiger partial charge in [0.25, 0.3) is 0 Å². The largest absolute Gasteiger partial charge is 0.493 e. The predicted molar refractivity (Wildman–Crippen MR) is 94.2 cm³/mol. The van der Waals surface area contributed by atoms with Crippen molar-refractivity contribution in [3.05, 3.63) is 52.8 Å². The number of benzene rings is 2. The van der Waals surface area contributed by atoms with Crippen LogP contribution in [0, 0.1) is 5.82 Å². The van der Waals surface area contributed by atoms with Crippen LogP contribution in [-0.4, -0.2) is 33.5 Å². The third-order valence-corrected chi connectivity index (χ3v) is 5.86. The minimum atomic E-state index is -4.00. The molecule has 0 saturated heterocycles. The molecule has 0 atom stereocenters. The summed E-state index contributed by atoms with van der Waals surface area (Å²) in [6, 6.07) is 8.62. The maximum absolute atomic E-state index is 14.1. The predicted octanol–water partition coefficient (Wildman–Crippen LogP) is 3.71. The quantitative estimate of drug-likeness (QED) is 0.726. The molecule has 0 radical (unpaired) electrons. The van der Waals surface area contributed by atoms with Crippen molar-refractivity contribution in [1.29, 1.82) is 0 Å². The van der Waals surface area contributed by atoms with Crippen LogP contribution in [0.5, 0.6) is 11.5 Å². The number of hydrogen-bond acceptors (Lipinski definition) is 4. The minimum absolute atomic E-state index is 0.0707. The van der Waals surface area contributed by atoms with Crippen LogP contribution >= 0.6 is 11.6 Å². The van der Waals surface area contributed by atoms with E-state index in [0.717, 1.165) is 6.07 Å². The average molecular weight is 388 g/mol. The summed E-state index contributed by atoms with van der Waals surface area (Å²) in [5.41, 5.74) is 0.692. The third-order valence-electron chi connectivity index (χ3n) is 3.67. The Morgan fingerprint density at radius 1 is 1.08 bits per heavy atom. The smallest absolute Gasteiger partial charge is 0.246 e. The molecule has 0 saturated carbocycles. The highest BCUT2D eigenvalue weighted by Crippen LogP contribution is 2.29. The molecule has 0 bridgehead atoms. The van der Waals surface area contributed by atoms with E-state index in [1.54, 1.807) is 25.1 Å². The Balaban J connectivity index is 2.36. The summed E-state index contributed by atoms with van der Waals surface area (Å²) in [5.74, 6) is 0.158. The van der Waals surface area contributed by atoms with Gasteiger partial charge in [-0.15, -0.1) is 0 Å². The van der Waals surface area contributed by atoms with Crippen molar-refractivity contribution in [2.75, 3.05) is 20.8 Å². The van der Waals surface area contributed by atoms with E-state index in [0.29, 0.717) is 17.1 Å². The van der Waals surface area contributed by atoms with Crippen molar-refractivity contribution >= 4 is 21.6 Å². The van der Waals surface area contributed by atoms with Crippen molar-refractivity contribution in [3.8, 4) is 11.5 Å². The molecule has 8 heteroatoms. The molecule has 2 aromatic carbocycles. The van der Waals surface area contributed by atoms with Gasteiger partial charge in [-0.05, 0) is 35.9 Å². The number of ether oxygens (including phenoxy) is 2. The standard InChI is InChI=1S/C17H19ClFNO4S/c1-4-20(11-12-5-7-15(23-2)16(9-12)24-3)25(21,22)17-8-6-13(18)10-14(17)19/h5-10H,4,11H2,1-3H3. The molecular formula is C17H19ClFNO4S. The van der Waals surface area contributed by atoms with E-state index in [1.807, 2.05) is 0 Å². The summed E-state index contributed by atoms with van der Waals surface area (Å²) in [4.78, 5) is -0.403. The Labute approximate surface area is 152 Å². The molecule has 0 heterocycles. The topological polar surface area (TPSA) is 55.8 Å². The molecule has 2 aromatic rings. The second kappa shape index (κ2) is 8.03. The summed E-state index contributed by atoms with van der Waals surface area (Å²) >= 11 is 5.70. The van der Waals surface area contributed by atoms with Crippen molar-refractivity contribution in [2.24, 2.45) is 0 Å². The molecule has 0 aliphatic heterocycles. The number of rotatable bonds is 7. The van der Waals surface area contributed by atoms with Gasteiger partial charge in [0.1, 0.15) is 10.7 Å². The normalized spacial score (nSPS) is 11.6. The number of nitrogens with zero attached hydrogens (tertiary/aromatic N) is 1. The van der Waals surface area contributed by atoms with Crippen LogP contribution in [0.3, 0.4) is 0 Å². The van der Waals surface area contributed by atoms with Crippen LogP contribution in [0.1, 0.15) is 12.5 Å². The average Bonchev–Trinajstić information content (AvgIpc) is 2.58. The first kappa shape index (κ1) is 19.5. The SMILES string of the molecule is CCN(Cc1ccc(OC)c(OC)c1)S(=O)(=O)c1ccc(Cl)cc1F. The molecule has 0 aliphatic carbocycles. The zero-order valence-electron chi connectivity index (χ0n) is 14.1. The van der Waals surface area contributed by atoms with Crippen molar-refractivity contribution in [1.82, 2.24) is 4.31 Å². The molecule has 0 spiro atoms. The Kier molecular flexibility index (Phi) is 6.26. The van der Waals surface area contributed by atoms with E-state index in [9.17, 15) is 12.8 Å². The van der Waals surface area contributed by atoms with Crippen molar-refractivity contribution < 1.29 is 22.3 Å². The summed E-state index contributed by atoms with van der Waals surface area (Å²) in [6.45, 7) is 1.94. The zero-order chi connectivity index (χ0) is 18.6. The van der Waals surface area contributed by atoms with Gasteiger partial charge in [-0.2, -0.15) is 4.31 Å². The number of sulfonamides is 1. The van der Waals surface area contributed by atoms with Crippen molar-refractivity contribution in [2.45, 2.75) is 18.4 Å². The van der Waals surface area contributed by atoms with Gasteiger partial charge in [0.05, 0.1) is 14.2 Å². The number of methoxy groups -OCH3 is 2. The second-order valence-electron chi connectivity index (χ2n) is 5.20. The molecule has 0 unspecified atom stereocenters. The highest BCUT2D eigenvalue weighted by Gasteiger charge is 2.26. The zero-order valence-corrected chi connectivity index (χ0v) is 15.7. The Morgan fingerprint density at radius 3 is 2.32 bits per heavy atom. The lowest BCUT2D eigenvalue weighted by molar-refractivity contribution is 0.353. The van der Waals surface area contributed by atoms with Gasteiger partial charge in [-0.3, -0.25) is 0 Å². The fourth-order valence-corrected chi connectivity index (χ4v) is 4.01. The van der Waals surface area contributed by atoms with Crippen LogP contribution < -0.4 is 9.47 Å². The van der Waals surface area contributed by atoms with Gasteiger partial charge in [0.2, 0.25) is 10.0 Å². The Bertz CT molecular complexity index is 858. The molecule has 5 nitrogen and oxygen atoms in total. The van der Waals surface area contributed by atoms with E-state index in [1.165, 1.54) is 30.7 Å². The molecule has 2 rings (SSSR count). The van der Waals surface area contributed by atoms with Crippen LogP contribution in [-0.2, 0) is 16.6 Å². The molecule has 0 amide bonds.